The van der Waals surface area contributed by atoms with Gasteiger partial charge in [-0.15, -0.1) is 15.3 Å². The molecular weight excluding hydrogens is 376 g/mol. The molecule has 0 radical (unpaired) electrons. The van der Waals surface area contributed by atoms with Crippen LogP contribution in [0, 0.1) is 13.8 Å². The lowest BCUT2D eigenvalue weighted by molar-refractivity contribution is 0.721. The van der Waals surface area contributed by atoms with Crippen molar-refractivity contribution in [3.8, 4) is 0 Å². The van der Waals surface area contributed by atoms with Gasteiger partial charge in [-0.2, -0.15) is 4.52 Å². The van der Waals surface area contributed by atoms with Crippen LogP contribution in [-0.2, 0) is 13.1 Å². The lowest BCUT2D eigenvalue weighted by Crippen LogP contribution is -2.11. The van der Waals surface area contributed by atoms with Gasteiger partial charge in [0.1, 0.15) is 11.6 Å². The maximum atomic E-state index is 4.72. The van der Waals surface area contributed by atoms with Gasteiger partial charge in [0, 0.05) is 29.9 Å². The number of aryl methyl sites for hydroxylation is 2. The summed E-state index contributed by atoms with van der Waals surface area (Å²) in [5.74, 6) is 2.47. The molecule has 0 aliphatic carbocycles. The minimum Gasteiger partial charge on any atom is -0.378 e. The van der Waals surface area contributed by atoms with E-state index >= 15 is 0 Å². The van der Waals surface area contributed by atoms with E-state index in [0.29, 0.717) is 24.6 Å². The average molecular weight is 403 g/mol. The van der Waals surface area contributed by atoms with E-state index in [1.165, 1.54) is 5.56 Å². The van der Waals surface area contributed by atoms with Gasteiger partial charge in [0.05, 0.1) is 12.2 Å². The Hall–Kier alpha value is -3.55. The van der Waals surface area contributed by atoms with Crippen LogP contribution in [0.15, 0.2) is 42.5 Å². The molecule has 4 rings (SSSR count). The number of hydrogen-bond acceptors (Lipinski definition) is 7. The maximum absolute atomic E-state index is 4.72. The third-order valence-corrected chi connectivity index (χ3v) is 4.69. The van der Waals surface area contributed by atoms with E-state index in [-0.39, 0.29) is 5.92 Å². The lowest BCUT2D eigenvalue weighted by atomic mass is 10.2. The molecule has 0 amide bonds. The molecule has 0 aliphatic heterocycles. The van der Waals surface area contributed by atoms with E-state index in [1.54, 1.807) is 0 Å². The Morgan fingerprint density at radius 3 is 2.33 bits per heavy atom. The van der Waals surface area contributed by atoms with Crippen molar-refractivity contribution >= 4 is 17.2 Å². The largest absolute Gasteiger partial charge is 0.378 e. The van der Waals surface area contributed by atoms with E-state index in [4.69, 9.17) is 5.10 Å². The molecule has 30 heavy (non-hydrogen) atoms. The smallest absolute Gasteiger partial charge is 0.201 e. The highest BCUT2D eigenvalue weighted by Gasteiger charge is 2.15. The van der Waals surface area contributed by atoms with Crippen molar-refractivity contribution < 1.29 is 0 Å². The monoisotopic (exact) mass is 402 g/mol. The molecule has 0 aliphatic rings. The van der Waals surface area contributed by atoms with Gasteiger partial charge < -0.3 is 10.6 Å². The standard InChI is InChI=1S/C22H26N8/c1-14(2)21-27-28-22-18(23-12-17-8-6-5-7-9-17)11-19(29-30(21)22)24-13-20-25-15(3)10-16(4)26-20/h5-11,14,23H,12-13H2,1-4H3,(H,24,29). The van der Waals surface area contributed by atoms with Gasteiger partial charge in [-0.3, -0.25) is 0 Å². The molecule has 4 aromatic rings. The minimum absolute atomic E-state index is 0.201. The van der Waals surface area contributed by atoms with E-state index < -0.39 is 0 Å². The Labute approximate surface area is 175 Å². The van der Waals surface area contributed by atoms with E-state index in [0.717, 1.165) is 28.7 Å². The molecule has 3 heterocycles. The third kappa shape index (κ3) is 4.37. The number of nitrogens with one attached hydrogen (secondary N) is 2. The topological polar surface area (TPSA) is 92.9 Å². The highest BCUT2D eigenvalue weighted by molar-refractivity contribution is 5.70. The zero-order valence-electron chi connectivity index (χ0n) is 17.7. The second kappa shape index (κ2) is 8.44. The molecule has 8 heteroatoms. The molecule has 154 valence electrons. The first-order valence-electron chi connectivity index (χ1n) is 10.1. The van der Waals surface area contributed by atoms with Crippen LogP contribution in [0.4, 0.5) is 11.5 Å². The summed E-state index contributed by atoms with van der Waals surface area (Å²) in [6.07, 6.45) is 0. The number of benzene rings is 1. The van der Waals surface area contributed by atoms with E-state index in [1.807, 2.05) is 48.7 Å². The van der Waals surface area contributed by atoms with Crippen LogP contribution in [0.1, 0.15) is 48.4 Å². The third-order valence-electron chi connectivity index (χ3n) is 4.69. The van der Waals surface area contributed by atoms with Crippen LogP contribution in [0.25, 0.3) is 5.65 Å². The van der Waals surface area contributed by atoms with Gasteiger partial charge in [0.15, 0.2) is 5.82 Å². The van der Waals surface area contributed by atoms with Crippen LogP contribution in [0.5, 0.6) is 0 Å². The number of aromatic nitrogens is 6. The fraction of sp³-hybridized carbons (Fsp3) is 0.318. The minimum atomic E-state index is 0.201. The number of fused-ring (bicyclic) bond motifs is 1. The van der Waals surface area contributed by atoms with Gasteiger partial charge in [-0.1, -0.05) is 44.2 Å². The lowest BCUT2D eigenvalue weighted by Gasteiger charge is -2.12. The molecule has 0 bridgehead atoms. The molecule has 0 saturated carbocycles. The van der Waals surface area contributed by atoms with Crippen molar-refractivity contribution in [2.45, 2.75) is 46.7 Å². The molecule has 0 saturated heterocycles. The molecule has 0 fully saturated rings. The molecule has 1 aromatic carbocycles. The Bertz CT molecular complexity index is 1130. The Kier molecular flexibility index (Phi) is 5.56. The second-order valence-electron chi connectivity index (χ2n) is 7.65. The number of rotatable bonds is 7. The SMILES string of the molecule is Cc1cc(C)nc(CNc2cc(NCc3ccccc3)c3nnc(C(C)C)n3n2)n1. The highest BCUT2D eigenvalue weighted by Crippen LogP contribution is 2.23. The van der Waals surface area contributed by atoms with Crippen molar-refractivity contribution in [3.05, 3.63) is 71.1 Å². The molecule has 3 aromatic heterocycles. The van der Waals surface area contributed by atoms with Gasteiger partial charge in [-0.05, 0) is 25.5 Å². The Morgan fingerprint density at radius 1 is 0.900 bits per heavy atom. The van der Waals surface area contributed by atoms with Crippen LogP contribution >= 0.6 is 0 Å². The highest BCUT2D eigenvalue weighted by atomic mass is 15.4. The summed E-state index contributed by atoms with van der Waals surface area (Å²) in [7, 11) is 0. The summed E-state index contributed by atoms with van der Waals surface area (Å²) in [5.41, 5.74) is 4.68. The summed E-state index contributed by atoms with van der Waals surface area (Å²) in [6, 6.07) is 14.2. The van der Waals surface area contributed by atoms with Crippen molar-refractivity contribution in [2.75, 3.05) is 10.6 Å². The predicted molar refractivity (Wildman–Crippen MR) is 117 cm³/mol. The first-order chi connectivity index (χ1) is 14.5. The van der Waals surface area contributed by atoms with Gasteiger partial charge in [0.2, 0.25) is 5.65 Å². The first-order valence-corrected chi connectivity index (χ1v) is 10.1. The summed E-state index contributed by atoms with van der Waals surface area (Å²) < 4.78 is 1.81. The molecule has 0 unspecified atom stereocenters. The Balaban J connectivity index is 1.63. The number of anilines is 2. The summed E-state index contributed by atoms with van der Waals surface area (Å²) in [6.45, 7) is 9.28. The number of hydrogen-bond donors (Lipinski definition) is 2. The number of nitrogens with zero attached hydrogens (tertiary/aromatic N) is 6. The summed E-state index contributed by atoms with van der Waals surface area (Å²) in [4.78, 5) is 8.99. The fourth-order valence-corrected chi connectivity index (χ4v) is 3.31. The van der Waals surface area contributed by atoms with Crippen LogP contribution in [0.2, 0.25) is 0 Å². The Morgan fingerprint density at radius 2 is 1.63 bits per heavy atom. The normalized spacial score (nSPS) is 11.2. The second-order valence-corrected chi connectivity index (χ2v) is 7.65. The fourth-order valence-electron chi connectivity index (χ4n) is 3.31. The van der Waals surface area contributed by atoms with Crippen molar-refractivity contribution in [3.63, 3.8) is 0 Å². The predicted octanol–water partition coefficient (Wildman–Crippen LogP) is 3.88. The van der Waals surface area contributed by atoms with Crippen molar-refractivity contribution in [1.82, 2.24) is 29.8 Å². The average Bonchev–Trinajstić information content (AvgIpc) is 3.15. The maximum Gasteiger partial charge on any atom is 0.201 e. The van der Waals surface area contributed by atoms with Crippen molar-refractivity contribution in [1.29, 1.82) is 0 Å². The van der Waals surface area contributed by atoms with Gasteiger partial charge >= 0.3 is 0 Å². The van der Waals surface area contributed by atoms with Crippen molar-refractivity contribution in [2.24, 2.45) is 0 Å². The van der Waals surface area contributed by atoms with Crippen LogP contribution in [-0.4, -0.2) is 29.8 Å². The van der Waals surface area contributed by atoms with E-state index in [2.05, 4.69) is 56.8 Å². The molecule has 2 N–H and O–H groups in total. The van der Waals surface area contributed by atoms with Gasteiger partial charge in [0.25, 0.3) is 0 Å². The van der Waals surface area contributed by atoms with Gasteiger partial charge in [-0.25, -0.2) is 9.97 Å². The zero-order chi connectivity index (χ0) is 21.1. The summed E-state index contributed by atoms with van der Waals surface area (Å²) in [5, 5.41) is 20.3. The van der Waals surface area contributed by atoms with Crippen LogP contribution in [0.3, 0.4) is 0 Å². The zero-order valence-corrected chi connectivity index (χ0v) is 17.7. The molecule has 0 spiro atoms. The molecule has 8 nitrogen and oxygen atoms in total. The van der Waals surface area contributed by atoms with E-state index in [9.17, 15) is 0 Å². The van der Waals surface area contributed by atoms with Crippen LogP contribution < -0.4 is 10.6 Å². The molecular formula is C22H26N8. The quantitative estimate of drug-likeness (QED) is 0.484. The summed E-state index contributed by atoms with van der Waals surface area (Å²) >= 11 is 0. The first kappa shape index (κ1) is 19.8. The molecule has 0 atom stereocenters.